The normalized spacial score (nSPS) is 15.6. The van der Waals surface area contributed by atoms with Gasteiger partial charge in [0.1, 0.15) is 0 Å². The number of H-pyrrole nitrogens is 1. The first-order valence-corrected chi connectivity index (χ1v) is 13.6. The molecule has 0 fully saturated rings. The lowest BCUT2D eigenvalue weighted by Gasteiger charge is -2.42. The summed E-state index contributed by atoms with van der Waals surface area (Å²) >= 11 is 3.48. The van der Waals surface area contributed by atoms with Crippen molar-refractivity contribution in [3.8, 4) is 11.4 Å². The van der Waals surface area contributed by atoms with Crippen LogP contribution in [0.5, 0.6) is 0 Å². The number of pyridine rings is 1. The summed E-state index contributed by atoms with van der Waals surface area (Å²) in [5.41, 5.74) is 3.48. The molecule has 3 aromatic rings. The van der Waals surface area contributed by atoms with Gasteiger partial charge in [0, 0.05) is 22.7 Å². The average molecular weight is 482 g/mol. The van der Waals surface area contributed by atoms with Crippen molar-refractivity contribution in [2.75, 3.05) is 0 Å². The van der Waals surface area contributed by atoms with Gasteiger partial charge in [0.05, 0.1) is 21.4 Å². The Kier molecular flexibility index (Phi) is 4.86. The molecule has 2 amide bonds. The molecule has 154 valence electrons. The Morgan fingerprint density at radius 3 is 2.30 bits per heavy atom. The fourth-order valence-corrected chi connectivity index (χ4v) is 6.29. The van der Waals surface area contributed by atoms with Crippen LogP contribution >= 0.6 is 15.9 Å². The number of carbonyl (C=O) groups excluding carboxylic acids is 2. The smallest absolute Gasteiger partial charge is 0.260 e. The Labute approximate surface area is 185 Å². The van der Waals surface area contributed by atoms with Crippen LogP contribution in [0.3, 0.4) is 0 Å². The fraction of sp³-hybridized carbons (Fsp3) is 0.261. The lowest BCUT2D eigenvalue weighted by Crippen LogP contribution is -2.57. The van der Waals surface area contributed by atoms with Gasteiger partial charge in [-0.3, -0.25) is 14.6 Å². The van der Waals surface area contributed by atoms with Gasteiger partial charge in [-0.15, -0.1) is 0 Å². The highest BCUT2D eigenvalue weighted by atomic mass is 79.9. The zero-order chi connectivity index (χ0) is 21.8. The minimum atomic E-state index is -2.42. The number of nitrogens with one attached hydrogen (secondary N) is 1. The van der Waals surface area contributed by atoms with Crippen LogP contribution in [0.1, 0.15) is 26.3 Å². The predicted molar refractivity (Wildman–Crippen MR) is 126 cm³/mol. The van der Waals surface area contributed by atoms with Crippen molar-refractivity contribution in [1.29, 1.82) is 0 Å². The molecule has 1 aliphatic heterocycles. The summed E-state index contributed by atoms with van der Waals surface area (Å²) in [5.74, 6) is -0.487. The highest BCUT2D eigenvalue weighted by Crippen LogP contribution is 2.46. The predicted octanol–water partition coefficient (Wildman–Crippen LogP) is 5.71. The number of aromatic nitrogens is 2. The van der Waals surface area contributed by atoms with Crippen molar-refractivity contribution in [3.05, 3.63) is 58.7 Å². The number of carbonyl (C=O) groups is 2. The SMILES string of the molecule is CC(C)(C)[Si](C)(C)N1C(=O)C(Br)=C(c2c(-c3ccccn3)[nH]c3ccccc23)C1=O. The Morgan fingerprint density at radius 2 is 1.67 bits per heavy atom. The van der Waals surface area contributed by atoms with E-state index in [9.17, 15) is 9.59 Å². The molecule has 1 aromatic carbocycles. The zero-order valence-electron chi connectivity index (χ0n) is 17.7. The standard InChI is InChI=1S/C23H24BrN3O2Si/c1-23(2,3)30(4,5)27-21(28)18(19(24)22(27)29)17-14-10-6-7-11-15(14)26-20(17)16-12-8-9-13-25-16/h6-13,26H,1-5H3. The van der Waals surface area contributed by atoms with Gasteiger partial charge < -0.3 is 9.55 Å². The van der Waals surface area contributed by atoms with Gasteiger partial charge in [-0.05, 0) is 39.2 Å². The van der Waals surface area contributed by atoms with Gasteiger partial charge in [-0.25, -0.2) is 0 Å². The van der Waals surface area contributed by atoms with E-state index in [-0.39, 0.29) is 16.9 Å². The number of amides is 2. The third kappa shape index (κ3) is 2.99. The average Bonchev–Trinajstić information content (AvgIpc) is 3.17. The molecule has 0 atom stereocenters. The number of fused-ring (bicyclic) bond motifs is 1. The third-order valence-corrected chi connectivity index (χ3v) is 12.2. The van der Waals surface area contributed by atoms with Crippen LogP contribution < -0.4 is 0 Å². The Hall–Kier alpha value is -2.51. The maximum Gasteiger partial charge on any atom is 0.260 e. The highest BCUT2D eigenvalue weighted by Gasteiger charge is 2.52. The van der Waals surface area contributed by atoms with Gasteiger partial charge in [-0.2, -0.15) is 0 Å². The molecule has 0 saturated carbocycles. The summed E-state index contributed by atoms with van der Waals surface area (Å²) in [6.07, 6.45) is 1.72. The molecule has 4 rings (SSSR count). The number of aromatic amines is 1. The second-order valence-electron chi connectivity index (χ2n) is 9.08. The summed E-state index contributed by atoms with van der Waals surface area (Å²) in [4.78, 5) is 35.0. The van der Waals surface area contributed by atoms with Crippen LogP contribution in [0.25, 0.3) is 27.9 Å². The zero-order valence-corrected chi connectivity index (χ0v) is 20.3. The van der Waals surface area contributed by atoms with Crippen LogP contribution in [0.15, 0.2) is 53.1 Å². The molecule has 0 unspecified atom stereocenters. The van der Waals surface area contributed by atoms with E-state index in [1.165, 1.54) is 4.57 Å². The molecule has 0 aliphatic carbocycles. The number of hydrogen-bond donors (Lipinski definition) is 1. The first-order valence-electron chi connectivity index (χ1n) is 9.87. The van der Waals surface area contributed by atoms with Crippen LogP contribution in [0, 0.1) is 0 Å². The van der Waals surface area contributed by atoms with E-state index >= 15 is 0 Å². The Balaban J connectivity index is 1.97. The molecular weight excluding hydrogens is 458 g/mol. The molecule has 0 bridgehead atoms. The van der Waals surface area contributed by atoms with E-state index in [1.807, 2.05) is 42.5 Å². The number of halogens is 1. The largest absolute Gasteiger partial charge is 0.353 e. The van der Waals surface area contributed by atoms with E-state index in [2.05, 4.69) is 59.8 Å². The van der Waals surface area contributed by atoms with Gasteiger partial charge in [-0.1, -0.05) is 58.1 Å². The number of hydrogen-bond acceptors (Lipinski definition) is 3. The number of nitrogens with zero attached hydrogens (tertiary/aromatic N) is 2. The molecule has 0 spiro atoms. The number of rotatable bonds is 3. The topological polar surface area (TPSA) is 66.1 Å². The van der Waals surface area contributed by atoms with Crippen molar-refractivity contribution >= 4 is 52.5 Å². The maximum absolute atomic E-state index is 13.8. The lowest BCUT2D eigenvalue weighted by molar-refractivity contribution is -0.131. The maximum atomic E-state index is 13.8. The summed E-state index contributed by atoms with van der Waals surface area (Å²) < 4.78 is 1.84. The Bertz CT molecular complexity index is 1210. The highest BCUT2D eigenvalue weighted by molar-refractivity contribution is 9.12. The van der Waals surface area contributed by atoms with Gasteiger partial charge in [0.25, 0.3) is 11.8 Å². The molecule has 2 aromatic heterocycles. The monoisotopic (exact) mass is 481 g/mol. The first-order chi connectivity index (χ1) is 14.1. The number of imide groups is 1. The summed E-state index contributed by atoms with van der Waals surface area (Å²) in [5, 5.41) is 0.730. The minimum Gasteiger partial charge on any atom is -0.353 e. The third-order valence-electron chi connectivity index (χ3n) is 6.30. The van der Waals surface area contributed by atoms with Crippen LogP contribution in [0.2, 0.25) is 18.1 Å². The quantitative estimate of drug-likeness (QED) is 0.384. The van der Waals surface area contributed by atoms with Gasteiger partial charge in [0.2, 0.25) is 0 Å². The summed E-state index contributed by atoms with van der Waals surface area (Å²) in [6, 6.07) is 13.5. The Morgan fingerprint density at radius 1 is 1.00 bits per heavy atom. The van der Waals surface area contributed by atoms with Crippen molar-refractivity contribution in [2.24, 2.45) is 0 Å². The fourth-order valence-electron chi connectivity index (χ4n) is 3.67. The molecule has 3 heterocycles. The van der Waals surface area contributed by atoms with E-state index in [0.717, 1.165) is 27.9 Å². The lowest BCUT2D eigenvalue weighted by atomic mass is 10.0. The van der Waals surface area contributed by atoms with Crippen LogP contribution in [-0.2, 0) is 9.59 Å². The van der Waals surface area contributed by atoms with E-state index in [1.54, 1.807) is 6.20 Å². The number of para-hydroxylation sites is 1. The minimum absolute atomic E-state index is 0.162. The summed E-state index contributed by atoms with van der Waals surface area (Å²) in [6.45, 7) is 10.4. The van der Waals surface area contributed by atoms with Crippen LogP contribution in [0.4, 0.5) is 0 Å². The molecule has 1 N–H and O–H groups in total. The van der Waals surface area contributed by atoms with Crippen molar-refractivity contribution < 1.29 is 9.59 Å². The van der Waals surface area contributed by atoms with E-state index in [4.69, 9.17) is 0 Å². The van der Waals surface area contributed by atoms with Crippen molar-refractivity contribution in [2.45, 2.75) is 38.9 Å². The molecule has 30 heavy (non-hydrogen) atoms. The van der Waals surface area contributed by atoms with Crippen molar-refractivity contribution in [1.82, 2.24) is 14.5 Å². The van der Waals surface area contributed by atoms with E-state index < -0.39 is 8.24 Å². The number of benzene rings is 1. The second kappa shape index (κ2) is 7.03. The van der Waals surface area contributed by atoms with Crippen molar-refractivity contribution in [3.63, 3.8) is 0 Å². The summed E-state index contributed by atoms with van der Waals surface area (Å²) in [7, 11) is -2.42. The first kappa shape index (κ1) is 20.7. The molecular formula is C23H24BrN3O2Si. The molecule has 7 heteroatoms. The van der Waals surface area contributed by atoms with Gasteiger partial charge in [0.15, 0.2) is 8.24 Å². The molecule has 0 radical (unpaired) electrons. The molecule has 1 aliphatic rings. The van der Waals surface area contributed by atoms with E-state index in [0.29, 0.717) is 10.1 Å². The van der Waals surface area contributed by atoms with Crippen LogP contribution in [-0.4, -0.2) is 34.6 Å². The second-order valence-corrected chi connectivity index (χ2v) is 14.9. The molecule has 0 saturated heterocycles. The molecule has 5 nitrogen and oxygen atoms in total. The van der Waals surface area contributed by atoms with Gasteiger partial charge >= 0.3 is 0 Å².